The molecule has 0 spiro atoms. The lowest BCUT2D eigenvalue weighted by Gasteiger charge is -2.28. The Morgan fingerprint density at radius 3 is 2.38 bits per heavy atom. The Balaban J connectivity index is 2.02. The number of hydrogen-bond donors (Lipinski definition) is 2. The fourth-order valence-corrected chi connectivity index (χ4v) is 2.79. The van der Waals surface area contributed by atoms with Crippen molar-refractivity contribution < 1.29 is 9.72 Å². The lowest BCUT2D eigenvalue weighted by atomic mass is 9.91. The average Bonchev–Trinajstić information content (AvgIpc) is 2.47. The van der Waals surface area contributed by atoms with Crippen molar-refractivity contribution in [1.29, 1.82) is 0 Å². The Hall–Kier alpha value is -1.95. The third-order valence-electron chi connectivity index (χ3n) is 4.01. The van der Waals surface area contributed by atoms with Gasteiger partial charge in [0.05, 0.1) is 4.92 Å². The predicted octanol–water partition coefficient (Wildman–Crippen LogP) is 2.16. The highest BCUT2D eigenvalue weighted by atomic mass is 16.6. The summed E-state index contributed by atoms with van der Waals surface area (Å²) in [7, 11) is 1.95. The van der Waals surface area contributed by atoms with E-state index in [9.17, 15) is 14.9 Å². The molecule has 0 atom stereocenters. The molecule has 6 nitrogen and oxygen atoms in total. The number of carbonyl (C=O) groups excluding carboxylic acids is 1. The smallest absolute Gasteiger partial charge is 0.270 e. The van der Waals surface area contributed by atoms with E-state index in [1.54, 1.807) is 13.0 Å². The molecule has 6 heteroatoms. The molecule has 1 aromatic carbocycles. The minimum atomic E-state index is -0.470. The number of nitro groups is 1. The Bertz CT molecular complexity index is 537. The Kier molecular flexibility index (Phi) is 4.90. The van der Waals surface area contributed by atoms with E-state index in [0.717, 1.165) is 25.7 Å². The number of rotatable bonds is 4. The maximum atomic E-state index is 12.2. The van der Waals surface area contributed by atoms with Gasteiger partial charge in [0.25, 0.3) is 11.6 Å². The van der Waals surface area contributed by atoms with Gasteiger partial charge in [0.2, 0.25) is 0 Å². The van der Waals surface area contributed by atoms with Gasteiger partial charge in [-0.25, -0.2) is 0 Å². The molecule has 2 N–H and O–H groups in total. The largest absolute Gasteiger partial charge is 0.349 e. The van der Waals surface area contributed by atoms with Crippen LogP contribution in [0.15, 0.2) is 18.2 Å². The summed E-state index contributed by atoms with van der Waals surface area (Å²) in [4.78, 5) is 22.6. The summed E-state index contributed by atoms with van der Waals surface area (Å²) in [5.41, 5.74) is 1.03. The number of non-ortho nitro benzene ring substituents is 1. The zero-order chi connectivity index (χ0) is 15.4. The number of nitrogens with one attached hydrogen (secondary N) is 2. The lowest BCUT2D eigenvalue weighted by molar-refractivity contribution is -0.384. The van der Waals surface area contributed by atoms with Gasteiger partial charge in [-0.3, -0.25) is 14.9 Å². The molecule has 114 valence electrons. The maximum absolute atomic E-state index is 12.2. The molecule has 1 aliphatic rings. The Morgan fingerprint density at radius 1 is 1.19 bits per heavy atom. The molecule has 1 amide bonds. The standard InChI is InChI=1S/C15H21N3O3/c1-10-7-11(9-14(8-10)18(20)21)15(19)17-13-5-3-12(16-2)4-6-13/h7-9,12-13,16H,3-6H2,1-2H3,(H,17,19). The molecule has 0 bridgehead atoms. The van der Waals surface area contributed by atoms with Crippen molar-refractivity contribution in [2.24, 2.45) is 0 Å². The number of aryl methyl sites for hydroxylation is 1. The summed E-state index contributed by atoms with van der Waals surface area (Å²) < 4.78 is 0. The van der Waals surface area contributed by atoms with Crippen LogP contribution in [0, 0.1) is 17.0 Å². The monoisotopic (exact) mass is 291 g/mol. The molecule has 0 unspecified atom stereocenters. The van der Waals surface area contributed by atoms with Gasteiger partial charge in [0, 0.05) is 29.8 Å². The molecule has 1 aliphatic carbocycles. The number of hydrogen-bond acceptors (Lipinski definition) is 4. The SMILES string of the molecule is CNC1CCC(NC(=O)c2cc(C)cc([N+](=O)[O-])c2)CC1. The first-order valence-corrected chi connectivity index (χ1v) is 7.24. The quantitative estimate of drug-likeness (QED) is 0.657. The zero-order valence-electron chi connectivity index (χ0n) is 12.4. The molecule has 0 saturated heterocycles. The Labute approximate surface area is 124 Å². The molecular formula is C15H21N3O3. The van der Waals surface area contributed by atoms with Crippen LogP contribution >= 0.6 is 0 Å². The van der Waals surface area contributed by atoms with E-state index in [1.807, 2.05) is 7.05 Å². The molecule has 0 heterocycles. The van der Waals surface area contributed by atoms with Gasteiger partial charge in [-0.05, 0) is 51.3 Å². The van der Waals surface area contributed by atoms with Crippen molar-refractivity contribution in [2.45, 2.75) is 44.7 Å². The molecule has 0 aromatic heterocycles. The fraction of sp³-hybridized carbons (Fsp3) is 0.533. The van der Waals surface area contributed by atoms with Crippen LogP contribution < -0.4 is 10.6 Å². The van der Waals surface area contributed by atoms with Crippen LogP contribution in [0.5, 0.6) is 0 Å². The van der Waals surface area contributed by atoms with Gasteiger partial charge >= 0.3 is 0 Å². The molecule has 0 aliphatic heterocycles. The van der Waals surface area contributed by atoms with E-state index in [4.69, 9.17) is 0 Å². The van der Waals surface area contributed by atoms with Gasteiger partial charge in [-0.15, -0.1) is 0 Å². The second-order valence-electron chi connectivity index (χ2n) is 5.63. The molecular weight excluding hydrogens is 270 g/mol. The fourth-order valence-electron chi connectivity index (χ4n) is 2.79. The zero-order valence-corrected chi connectivity index (χ0v) is 12.4. The Morgan fingerprint density at radius 2 is 1.81 bits per heavy atom. The van der Waals surface area contributed by atoms with Crippen molar-refractivity contribution in [2.75, 3.05) is 7.05 Å². The van der Waals surface area contributed by atoms with Crippen molar-refractivity contribution in [3.05, 3.63) is 39.4 Å². The lowest BCUT2D eigenvalue weighted by Crippen LogP contribution is -2.41. The first-order valence-electron chi connectivity index (χ1n) is 7.24. The summed E-state index contributed by atoms with van der Waals surface area (Å²) in [6.45, 7) is 1.75. The minimum absolute atomic E-state index is 0.0426. The van der Waals surface area contributed by atoms with Crippen LogP contribution in [-0.2, 0) is 0 Å². The summed E-state index contributed by atoms with van der Waals surface area (Å²) >= 11 is 0. The van der Waals surface area contributed by atoms with Gasteiger partial charge in [-0.1, -0.05) is 0 Å². The summed E-state index contributed by atoms with van der Waals surface area (Å²) in [5.74, 6) is -0.227. The maximum Gasteiger partial charge on any atom is 0.270 e. The molecule has 1 saturated carbocycles. The minimum Gasteiger partial charge on any atom is -0.349 e. The third-order valence-corrected chi connectivity index (χ3v) is 4.01. The highest BCUT2D eigenvalue weighted by Gasteiger charge is 2.22. The molecule has 21 heavy (non-hydrogen) atoms. The van der Waals surface area contributed by atoms with E-state index in [2.05, 4.69) is 10.6 Å². The average molecular weight is 291 g/mol. The van der Waals surface area contributed by atoms with Gasteiger partial charge in [0.15, 0.2) is 0 Å². The number of nitrogens with zero attached hydrogens (tertiary/aromatic N) is 1. The topological polar surface area (TPSA) is 84.3 Å². The van der Waals surface area contributed by atoms with E-state index in [-0.39, 0.29) is 17.6 Å². The highest BCUT2D eigenvalue weighted by Crippen LogP contribution is 2.20. The van der Waals surface area contributed by atoms with Gasteiger partial charge in [0.1, 0.15) is 0 Å². The summed E-state index contributed by atoms with van der Waals surface area (Å²) in [6, 6.07) is 5.16. The van der Waals surface area contributed by atoms with Crippen molar-refractivity contribution >= 4 is 11.6 Å². The van der Waals surface area contributed by atoms with Crippen LogP contribution in [0.2, 0.25) is 0 Å². The van der Waals surface area contributed by atoms with Crippen molar-refractivity contribution in [3.63, 3.8) is 0 Å². The van der Waals surface area contributed by atoms with Crippen molar-refractivity contribution in [3.8, 4) is 0 Å². The van der Waals surface area contributed by atoms with Gasteiger partial charge in [-0.2, -0.15) is 0 Å². The van der Waals surface area contributed by atoms with Crippen LogP contribution in [0.4, 0.5) is 5.69 Å². The van der Waals surface area contributed by atoms with Crippen molar-refractivity contribution in [1.82, 2.24) is 10.6 Å². The summed E-state index contributed by atoms with van der Waals surface area (Å²) in [5, 5.41) is 17.1. The molecule has 1 fully saturated rings. The second kappa shape index (κ2) is 6.67. The normalized spacial score (nSPS) is 21.8. The van der Waals surface area contributed by atoms with Crippen LogP contribution in [0.25, 0.3) is 0 Å². The predicted molar refractivity (Wildman–Crippen MR) is 80.4 cm³/mol. The van der Waals surface area contributed by atoms with E-state index >= 15 is 0 Å². The van der Waals surface area contributed by atoms with Gasteiger partial charge < -0.3 is 10.6 Å². The number of nitro benzene ring substituents is 1. The van der Waals surface area contributed by atoms with Crippen LogP contribution in [0.1, 0.15) is 41.6 Å². The first kappa shape index (κ1) is 15.4. The summed E-state index contributed by atoms with van der Waals surface area (Å²) in [6.07, 6.45) is 3.95. The molecule has 1 aromatic rings. The molecule has 0 radical (unpaired) electrons. The number of carbonyl (C=O) groups is 1. The molecule has 2 rings (SSSR count). The highest BCUT2D eigenvalue weighted by molar-refractivity contribution is 5.95. The van der Waals surface area contributed by atoms with E-state index < -0.39 is 4.92 Å². The third kappa shape index (κ3) is 4.01. The van der Waals surface area contributed by atoms with E-state index in [0.29, 0.717) is 17.2 Å². The second-order valence-corrected chi connectivity index (χ2v) is 5.63. The van der Waals surface area contributed by atoms with Crippen LogP contribution in [0.3, 0.4) is 0 Å². The number of amides is 1. The van der Waals surface area contributed by atoms with Crippen LogP contribution in [-0.4, -0.2) is 30.0 Å². The first-order chi connectivity index (χ1) is 9.99. The van der Waals surface area contributed by atoms with E-state index in [1.165, 1.54) is 12.1 Å². The number of benzene rings is 1.